The molecule has 130 valence electrons. The van der Waals surface area contributed by atoms with Crippen LogP contribution in [0.2, 0.25) is 0 Å². The average Bonchev–Trinajstić information content (AvgIpc) is 3.41. The molecule has 1 saturated carbocycles. The number of hydrogen-bond acceptors (Lipinski definition) is 3. The van der Waals surface area contributed by atoms with E-state index in [9.17, 15) is 9.59 Å². The molecule has 2 amide bonds. The molecule has 1 fully saturated rings. The van der Waals surface area contributed by atoms with Gasteiger partial charge in [-0.2, -0.15) is 0 Å². The van der Waals surface area contributed by atoms with Gasteiger partial charge in [0.2, 0.25) is 11.8 Å². The average molecular weight is 337 g/mol. The molecule has 2 aromatic carbocycles. The molecule has 1 atom stereocenters. The molecule has 25 heavy (non-hydrogen) atoms. The van der Waals surface area contributed by atoms with Crippen LogP contribution in [0, 0.1) is 12.8 Å². The van der Waals surface area contributed by atoms with Gasteiger partial charge in [0.25, 0.3) is 0 Å². The predicted octanol–water partition coefficient (Wildman–Crippen LogP) is 3.78. The van der Waals surface area contributed by atoms with Crippen molar-refractivity contribution >= 4 is 28.9 Å². The van der Waals surface area contributed by atoms with E-state index in [1.54, 1.807) is 0 Å². The lowest BCUT2D eigenvalue weighted by Gasteiger charge is -2.16. The van der Waals surface area contributed by atoms with E-state index in [4.69, 9.17) is 0 Å². The van der Waals surface area contributed by atoms with Gasteiger partial charge in [-0.15, -0.1) is 0 Å². The van der Waals surface area contributed by atoms with Gasteiger partial charge in [-0.05, 0) is 68.7 Å². The second-order valence-electron chi connectivity index (χ2n) is 6.57. The van der Waals surface area contributed by atoms with Crippen LogP contribution in [-0.2, 0) is 9.59 Å². The summed E-state index contributed by atoms with van der Waals surface area (Å²) in [6, 6.07) is 14.7. The first-order valence-electron chi connectivity index (χ1n) is 8.56. The predicted molar refractivity (Wildman–Crippen MR) is 101 cm³/mol. The summed E-state index contributed by atoms with van der Waals surface area (Å²) >= 11 is 0. The summed E-state index contributed by atoms with van der Waals surface area (Å²) in [5.41, 5.74) is 3.50. The second-order valence-corrected chi connectivity index (χ2v) is 6.57. The van der Waals surface area contributed by atoms with Gasteiger partial charge in [-0.25, -0.2) is 0 Å². The highest BCUT2D eigenvalue weighted by atomic mass is 16.2. The van der Waals surface area contributed by atoms with E-state index in [-0.39, 0.29) is 23.8 Å². The van der Waals surface area contributed by atoms with Crippen LogP contribution in [0.25, 0.3) is 0 Å². The van der Waals surface area contributed by atoms with Crippen molar-refractivity contribution in [1.82, 2.24) is 0 Å². The Morgan fingerprint density at radius 2 is 1.64 bits per heavy atom. The van der Waals surface area contributed by atoms with Gasteiger partial charge < -0.3 is 16.0 Å². The summed E-state index contributed by atoms with van der Waals surface area (Å²) in [5, 5.41) is 8.97. The molecule has 0 bridgehead atoms. The highest BCUT2D eigenvalue weighted by Gasteiger charge is 2.29. The van der Waals surface area contributed by atoms with Gasteiger partial charge >= 0.3 is 0 Å². The van der Waals surface area contributed by atoms with E-state index >= 15 is 0 Å². The molecule has 0 spiro atoms. The van der Waals surface area contributed by atoms with Crippen LogP contribution in [0.15, 0.2) is 48.5 Å². The minimum absolute atomic E-state index is 0.0895. The van der Waals surface area contributed by atoms with E-state index in [2.05, 4.69) is 16.0 Å². The maximum absolute atomic E-state index is 12.3. The summed E-state index contributed by atoms with van der Waals surface area (Å²) in [6.07, 6.45) is 1.97. The molecular formula is C20H23N3O2. The molecule has 0 aliphatic heterocycles. The van der Waals surface area contributed by atoms with Crippen molar-refractivity contribution < 1.29 is 9.59 Å². The first-order chi connectivity index (χ1) is 12.0. The van der Waals surface area contributed by atoms with Crippen LogP contribution in [0.3, 0.4) is 0 Å². The maximum atomic E-state index is 12.3. The topological polar surface area (TPSA) is 70.2 Å². The van der Waals surface area contributed by atoms with Crippen molar-refractivity contribution in [2.45, 2.75) is 32.7 Å². The van der Waals surface area contributed by atoms with Crippen molar-refractivity contribution in [2.75, 3.05) is 16.0 Å². The summed E-state index contributed by atoms with van der Waals surface area (Å²) in [6.45, 7) is 3.80. The standard InChI is InChI=1S/C20H23N3O2/c1-13-4-3-5-18(12-13)23-19(24)14(2)21-16-8-10-17(11-9-16)22-20(25)15-6-7-15/h3-5,8-12,14-15,21H,6-7H2,1-2H3,(H,22,25)(H,23,24)/t14-/m0/s1. The van der Waals surface area contributed by atoms with Gasteiger partial charge in [0.05, 0.1) is 0 Å². The minimum Gasteiger partial charge on any atom is -0.374 e. The summed E-state index contributed by atoms with van der Waals surface area (Å²) in [4.78, 5) is 24.0. The lowest BCUT2D eigenvalue weighted by Crippen LogP contribution is -2.31. The molecule has 1 aliphatic carbocycles. The molecule has 3 rings (SSSR count). The van der Waals surface area contributed by atoms with Crippen molar-refractivity contribution in [1.29, 1.82) is 0 Å². The Bertz CT molecular complexity index is 767. The van der Waals surface area contributed by atoms with Gasteiger partial charge in [-0.3, -0.25) is 9.59 Å². The first-order valence-corrected chi connectivity index (χ1v) is 8.56. The van der Waals surface area contributed by atoms with Gasteiger partial charge in [0.1, 0.15) is 6.04 Å². The van der Waals surface area contributed by atoms with E-state index in [0.717, 1.165) is 35.5 Å². The van der Waals surface area contributed by atoms with Crippen LogP contribution in [0.1, 0.15) is 25.3 Å². The molecule has 2 aromatic rings. The van der Waals surface area contributed by atoms with Crippen LogP contribution >= 0.6 is 0 Å². The normalized spacial score (nSPS) is 14.5. The van der Waals surface area contributed by atoms with Crippen molar-refractivity contribution in [3.8, 4) is 0 Å². The highest BCUT2D eigenvalue weighted by molar-refractivity contribution is 5.96. The summed E-state index contributed by atoms with van der Waals surface area (Å²) < 4.78 is 0. The number of anilines is 3. The van der Waals surface area contributed by atoms with E-state index in [0.29, 0.717) is 0 Å². The Labute approximate surface area is 147 Å². The third-order valence-electron chi connectivity index (χ3n) is 4.16. The minimum atomic E-state index is -0.382. The fourth-order valence-corrected chi connectivity index (χ4v) is 2.53. The molecule has 0 saturated heterocycles. The zero-order valence-electron chi connectivity index (χ0n) is 14.5. The lowest BCUT2D eigenvalue weighted by atomic mass is 10.2. The Morgan fingerprint density at radius 1 is 0.960 bits per heavy atom. The Hall–Kier alpha value is -2.82. The number of carbonyl (C=O) groups is 2. The zero-order chi connectivity index (χ0) is 17.8. The van der Waals surface area contributed by atoms with Crippen molar-refractivity contribution in [2.24, 2.45) is 5.92 Å². The Kier molecular flexibility index (Phi) is 5.03. The largest absolute Gasteiger partial charge is 0.374 e. The number of benzene rings is 2. The van der Waals surface area contributed by atoms with Gasteiger partial charge in [-0.1, -0.05) is 12.1 Å². The lowest BCUT2D eigenvalue weighted by molar-refractivity contribution is -0.117. The Balaban J connectivity index is 1.53. The monoisotopic (exact) mass is 337 g/mol. The first kappa shape index (κ1) is 17.0. The zero-order valence-corrected chi connectivity index (χ0v) is 14.5. The molecule has 0 unspecified atom stereocenters. The van der Waals surface area contributed by atoms with Crippen LogP contribution < -0.4 is 16.0 Å². The molecule has 0 heterocycles. The number of rotatable bonds is 6. The Morgan fingerprint density at radius 3 is 2.28 bits per heavy atom. The molecular weight excluding hydrogens is 314 g/mol. The van der Waals surface area contributed by atoms with Gasteiger partial charge in [0.15, 0.2) is 0 Å². The number of aryl methyl sites for hydroxylation is 1. The molecule has 5 nitrogen and oxygen atoms in total. The van der Waals surface area contributed by atoms with E-state index < -0.39 is 0 Å². The van der Waals surface area contributed by atoms with Crippen LogP contribution in [-0.4, -0.2) is 17.9 Å². The molecule has 1 aliphatic rings. The third-order valence-corrected chi connectivity index (χ3v) is 4.16. The molecule has 0 radical (unpaired) electrons. The second kappa shape index (κ2) is 7.38. The van der Waals surface area contributed by atoms with Crippen molar-refractivity contribution in [3.05, 3.63) is 54.1 Å². The molecule has 5 heteroatoms. The SMILES string of the molecule is Cc1cccc(NC(=O)[C@H](C)Nc2ccc(NC(=O)C3CC3)cc2)c1. The fourth-order valence-electron chi connectivity index (χ4n) is 2.53. The van der Waals surface area contributed by atoms with Crippen molar-refractivity contribution in [3.63, 3.8) is 0 Å². The maximum Gasteiger partial charge on any atom is 0.246 e. The van der Waals surface area contributed by atoms with Crippen LogP contribution in [0.4, 0.5) is 17.1 Å². The van der Waals surface area contributed by atoms with Crippen LogP contribution in [0.5, 0.6) is 0 Å². The number of amides is 2. The third kappa shape index (κ3) is 4.83. The smallest absolute Gasteiger partial charge is 0.246 e. The summed E-state index contributed by atoms with van der Waals surface area (Å²) in [5.74, 6) is 0.173. The fraction of sp³-hybridized carbons (Fsp3) is 0.300. The highest BCUT2D eigenvalue weighted by Crippen LogP contribution is 2.30. The number of nitrogens with one attached hydrogen (secondary N) is 3. The number of hydrogen-bond donors (Lipinski definition) is 3. The molecule has 0 aromatic heterocycles. The summed E-state index contributed by atoms with van der Waals surface area (Å²) in [7, 11) is 0. The van der Waals surface area contributed by atoms with E-state index in [1.165, 1.54) is 0 Å². The quantitative estimate of drug-likeness (QED) is 0.751. The molecule has 3 N–H and O–H groups in total. The van der Waals surface area contributed by atoms with E-state index in [1.807, 2.05) is 62.4 Å². The number of carbonyl (C=O) groups excluding carboxylic acids is 2. The van der Waals surface area contributed by atoms with Gasteiger partial charge in [0, 0.05) is 23.0 Å².